The number of ether oxygens (including phenoxy) is 1. The van der Waals surface area contributed by atoms with E-state index >= 15 is 0 Å². The summed E-state index contributed by atoms with van der Waals surface area (Å²) in [5.41, 5.74) is 1.22. The Morgan fingerprint density at radius 2 is 1.93 bits per heavy atom. The zero-order valence-corrected chi connectivity index (χ0v) is 20.9. The van der Waals surface area contributed by atoms with E-state index in [0.29, 0.717) is 6.04 Å². The zero-order chi connectivity index (χ0) is 19.5. The fourth-order valence-corrected chi connectivity index (χ4v) is 4.19. The molecular formula is C21H37IN4OS. The van der Waals surface area contributed by atoms with Crippen LogP contribution in [0.3, 0.4) is 0 Å². The molecule has 0 saturated heterocycles. The Morgan fingerprint density at radius 3 is 2.50 bits per heavy atom. The second-order valence-corrected chi connectivity index (χ2v) is 8.10. The third-order valence-corrected chi connectivity index (χ3v) is 6.33. The van der Waals surface area contributed by atoms with Crippen molar-refractivity contribution in [2.45, 2.75) is 50.9 Å². The number of likely N-dealkylation sites (N-methyl/N-ethyl adjacent to an activating group) is 1. The van der Waals surface area contributed by atoms with Crippen molar-refractivity contribution in [3.8, 4) is 5.75 Å². The zero-order valence-electron chi connectivity index (χ0n) is 17.7. The molecule has 0 spiro atoms. The van der Waals surface area contributed by atoms with E-state index in [9.17, 15) is 0 Å². The lowest BCUT2D eigenvalue weighted by Gasteiger charge is -2.18. The van der Waals surface area contributed by atoms with Gasteiger partial charge in [0.2, 0.25) is 0 Å². The molecule has 1 aromatic rings. The minimum absolute atomic E-state index is 0. The molecule has 0 aromatic heterocycles. The molecule has 2 rings (SSSR count). The minimum atomic E-state index is 0. The third-order valence-electron chi connectivity index (χ3n) is 5.24. The number of benzene rings is 1. The monoisotopic (exact) mass is 520 g/mol. The van der Waals surface area contributed by atoms with Crippen molar-refractivity contribution in [3.05, 3.63) is 29.8 Å². The van der Waals surface area contributed by atoms with E-state index in [1.54, 1.807) is 0 Å². The summed E-state index contributed by atoms with van der Waals surface area (Å²) in [5.74, 6) is 1.82. The first-order chi connectivity index (χ1) is 13.2. The lowest BCUT2D eigenvalue weighted by Crippen LogP contribution is -2.42. The highest BCUT2D eigenvalue weighted by Crippen LogP contribution is 2.28. The Labute approximate surface area is 192 Å². The maximum Gasteiger partial charge on any atom is 0.191 e. The van der Waals surface area contributed by atoms with E-state index < -0.39 is 0 Å². The summed E-state index contributed by atoms with van der Waals surface area (Å²) in [4.78, 5) is 6.73. The number of guanidine groups is 1. The van der Waals surface area contributed by atoms with Crippen LogP contribution in [0.25, 0.3) is 0 Å². The SMILES string of the molecule is CCN(CC)CCOc1ccc(CNC(=NC)NC2CCC(SC)C2)cc1.I. The first kappa shape index (κ1) is 25.4. The number of aliphatic imine (C=N–C) groups is 1. The molecule has 2 N–H and O–H groups in total. The Morgan fingerprint density at radius 1 is 1.21 bits per heavy atom. The molecule has 0 bridgehead atoms. The summed E-state index contributed by atoms with van der Waals surface area (Å²) in [5, 5.41) is 7.77. The average Bonchev–Trinajstić information content (AvgIpc) is 3.17. The van der Waals surface area contributed by atoms with Gasteiger partial charge in [-0.2, -0.15) is 11.8 Å². The van der Waals surface area contributed by atoms with Gasteiger partial charge in [-0.25, -0.2) is 0 Å². The van der Waals surface area contributed by atoms with E-state index in [2.05, 4.69) is 64.9 Å². The van der Waals surface area contributed by atoms with Gasteiger partial charge in [-0.3, -0.25) is 4.99 Å². The van der Waals surface area contributed by atoms with Gasteiger partial charge in [0.25, 0.3) is 0 Å². The second-order valence-electron chi connectivity index (χ2n) is 6.96. The molecule has 5 nitrogen and oxygen atoms in total. The Hall–Kier alpha value is -0.670. The first-order valence-corrected chi connectivity index (χ1v) is 11.4. The highest BCUT2D eigenvalue weighted by molar-refractivity contribution is 14.0. The quantitative estimate of drug-likeness (QED) is 0.278. The van der Waals surface area contributed by atoms with Crippen LogP contribution in [-0.4, -0.2) is 61.7 Å². The molecule has 7 heteroatoms. The molecule has 0 radical (unpaired) electrons. The van der Waals surface area contributed by atoms with Crippen molar-refractivity contribution < 1.29 is 4.74 Å². The molecule has 160 valence electrons. The van der Waals surface area contributed by atoms with E-state index in [0.717, 1.165) is 49.7 Å². The summed E-state index contributed by atoms with van der Waals surface area (Å²) in [7, 11) is 1.84. The number of rotatable bonds is 10. The van der Waals surface area contributed by atoms with Crippen LogP contribution in [0.1, 0.15) is 38.7 Å². The fourth-order valence-electron chi connectivity index (χ4n) is 3.40. The summed E-state index contributed by atoms with van der Waals surface area (Å²) in [6, 6.07) is 8.87. The summed E-state index contributed by atoms with van der Waals surface area (Å²) in [6.07, 6.45) is 5.95. The molecular weight excluding hydrogens is 483 g/mol. The molecule has 1 aliphatic rings. The second kappa shape index (κ2) is 14.3. The van der Waals surface area contributed by atoms with Crippen LogP contribution in [0, 0.1) is 0 Å². The van der Waals surface area contributed by atoms with E-state index in [-0.39, 0.29) is 24.0 Å². The normalized spacial score (nSPS) is 19.4. The Bertz CT molecular complexity index is 566. The van der Waals surface area contributed by atoms with Gasteiger partial charge in [-0.1, -0.05) is 26.0 Å². The number of halogens is 1. The van der Waals surface area contributed by atoms with E-state index in [1.807, 2.05) is 18.8 Å². The molecule has 0 heterocycles. The van der Waals surface area contributed by atoms with Crippen LogP contribution >= 0.6 is 35.7 Å². The van der Waals surface area contributed by atoms with Gasteiger partial charge in [0.1, 0.15) is 12.4 Å². The molecule has 1 aliphatic carbocycles. The maximum atomic E-state index is 5.85. The van der Waals surface area contributed by atoms with Crippen molar-refractivity contribution in [2.24, 2.45) is 4.99 Å². The Kier molecular flexibility index (Phi) is 13.0. The van der Waals surface area contributed by atoms with Crippen molar-refractivity contribution >= 4 is 41.7 Å². The lowest BCUT2D eigenvalue weighted by molar-refractivity contribution is 0.223. The molecule has 0 amide bonds. The van der Waals surface area contributed by atoms with Gasteiger partial charge in [0.15, 0.2) is 5.96 Å². The average molecular weight is 521 g/mol. The maximum absolute atomic E-state index is 5.85. The molecule has 28 heavy (non-hydrogen) atoms. The van der Waals surface area contributed by atoms with Crippen molar-refractivity contribution in [1.29, 1.82) is 0 Å². The highest BCUT2D eigenvalue weighted by atomic mass is 127. The molecule has 0 aliphatic heterocycles. The topological polar surface area (TPSA) is 48.9 Å². The largest absolute Gasteiger partial charge is 0.492 e. The standard InChI is InChI=1S/C21H36N4OS.HI/c1-5-25(6-2)13-14-26-19-10-7-17(8-11-19)16-23-21(22-3)24-18-9-12-20(15-18)27-4;/h7-8,10-11,18,20H,5-6,9,12-16H2,1-4H3,(H2,22,23,24);1H. The van der Waals surface area contributed by atoms with Crippen LogP contribution in [-0.2, 0) is 6.54 Å². The van der Waals surface area contributed by atoms with Crippen molar-refractivity contribution in [3.63, 3.8) is 0 Å². The van der Waals surface area contributed by atoms with E-state index in [1.165, 1.54) is 24.8 Å². The number of nitrogens with one attached hydrogen (secondary N) is 2. The van der Waals surface area contributed by atoms with Gasteiger partial charge in [0.05, 0.1) is 0 Å². The van der Waals surface area contributed by atoms with Crippen LogP contribution in [0.4, 0.5) is 0 Å². The minimum Gasteiger partial charge on any atom is -0.492 e. The smallest absolute Gasteiger partial charge is 0.191 e. The van der Waals surface area contributed by atoms with Crippen molar-refractivity contribution in [2.75, 3.05) is 39.5 Å². The van der Waals surface area contributed by atoms with Crippen LogP contribution in [0.2, 0.25) is 0 Å². The van der Waals surface area contributed by atoms with Gasteiger partial charge in [-0.05, 0) is 56.3 Å². The number of hydrogen-bond acceptors (Lipinski definition) is 4. The predicted octanol–water partition coefficient (Wildman–Crippen LogP) is 3.97. The highest BCUT2D eigenvalue weighted by Gasteiger charge is 2.24. The summed E-state index contributed by atoms with van der Waals surface area (Å²) >= 11 is 1.98. The van der Waals surface area contributed by atoms with Crippen LogP contribution in [0.15, 0.2) is 29.3 Å². The van der Waals surface area contributed by atoms with Gasteiger partial charge < -0.3 is 20.3 Å². The van der Waals surface area contributed by atoms with Gasteiger partial charge in [0, 0.05) is 31.4 Å². The first-order valence-electron chi connectivity index (χ1n) is 10.1. The number of hydrogen-bond donors (Lipinski definition) is 2. The Balaban J connectivity index is 0.00000392. The number of nitrogens with zero attached hydrogens (tertiary/aromatic N) is 2. The van der Waals surface area contributed by atoms with Crippen LogP contribution in [0.5, 0.6) is 5.75 Å². The van der Waals surface area contributed by atoms with Gasteiger partial charge >= 0.3 is 0 Å². The lowest BCUT2D eigenvalue weighted by atomic mass is 10.2. The van der Waals surface area contributed by atoms with Crippen LogP contribution < -0.4 is 15.4 Å². The molecule has 2 unspecified atom stereocenters. The fraction of sp³-hybridized carbons (Fsp3) is 0.667. The van der Waals surface area contributed by atoms with Gasteiger partial charge in [-0.15, -0.1) is 24.0 Å². The third kappa shape index (κ3) is 8.78. The summed E-state index contributed by atoms with van der Waals surface area (Å²) < 4.78 is 5.85. The molecule has 1 aromatic carbocycles. The summed E-state index contributed by atoms with van der Waals surface area (Å²) in [6.45, 7) is 8.96. The number of thioether (sulfide) groups is 1. The van der Waals surface area contributed by atoms with Crippen molar-refractivity contribution in [1.82, 2.24) is 15.5 Å². The molecule has 1 saturated carbocycles. The molecule has 2 atom stereocenters. The van der Waals surface area contributed by atoms with E-state index in [4.69, 9.17) is 4.74 Å². The molecule has 1 fully saturated rings. The predicted molar refractivity (Wildman–Crippen MR) is 133 cm³/mol.